The van der Waals surface area contributed by atoms with Crippen LogP contribution in [0.2, 0.25) is 0 Å². The number of nitrogens with one attached hydrogen (secondary N) is 1. The third kappa shape index (κ3) is 2.46. The topological polar surface area (TPSA) is 12.0 Å². The van der Waals surface area contributed by atoms with Gasteiger partial charge < -0.3 is 5.32 Å². The van der Waals surface area contributed by atoms with Gasteiger partial charge in [0.2, 0.25) is 0 Å². The maximum absolute atomic E-state index is 3.46. The van der Waals surface area contributed by atoms with Crippen LogP contribution in [0.4, 0.5) is 0 Å². The normalized spacial score (nSPS) is 18.2. The van der Waals surface area contributed by atoms with Crippen molar-refractivity contribution in [3.63, 3.8) is 0 Å². The second-order valence-corrected chi connectivity index (χ2v) is 5.22. The molecule has 0 saturated heterocycles. The zero-order valence-corrected chi connectivity index (χ0v) is 10.7. The average molecular weight is 217 g/mol. The third-order valence-electron chi connectivity index (χ3n) is 4.08. The zero-order chi connectivity index (χ0) is 11.5. The molecule has 0 bridgehead atoms. The third-order valence-corrected chi connectivity index (χ3v) is 4.08. The van der Waals surface area contributed by atoms with Crippen LogP contribution in [0.3, 0.4) is 0 Å². The van der Waals surface area contributed by atoms with E-state index in [1.54, 1.807) is 0 Å². The first-order valence-corrected chi connectivity index (χ1v) is 6.45. The lowest BCUT2D eigenvalue weighted by Gasteiger charge is -2.30. The standard InChI is InChI=1S/C15H23N/c1-11-7-8-14(9-12(11)2)15(16-3)10-13-5-4-6-13/h7-9,13,15-16H,4-6,10H2,1-3H3. The maximum Gasteiger partial charge on any atom is 0.0320 e. The van der Waals surface area contributed by atoms with Gasteiger partial charge in [0.15, 0.2) is 0 Å². The summed E-state index contributed by atoms with van der Waals surface area (Å²) in [6, 6.07) is 7.41. The Kier molecular flexibility index (Phi) is 3.65. The van der Waals surface area contributed by atoms with Crippen molar-refractivity contribution in [2.75, 3.05) is 7.05 Å². The van der Waals surface area contributed by atoms with E-state index in [2.05, 4.69) is 44.4 Å². The highest BCUT2D eigenvalue weighted by Gasteiger charge is 2.22. The summed E-state index contributed by atoms with van der Waals surface area (Å²) >= 11 is 0. The molecule has 1 aliphatic carbocycles. The molecule has 1 heteroatoms. The summed E-state index contributed by atoms with van der Waals surface area (Å²) in [5.41, 5.74) is 4.26. The van der Waals surface area contributed by atoms with E-state index in [1.807, 2.05) is 0 Å². The van der Waals surface area contributed by atoms with Crippen molar-refractivity contribution in [3.8, 4) is 0 Å². The van der Waals surface area contributed by atoms with Crippen LogP contribution < -0.4 is 5.32 Å². The molecule has 0 aromatic heterocycles. The Morgan fingerprint density at radius 2 is 2.00 bits per heavy atom. The Hall–Kier alpha value is -0.820. The molecule has 0 amide bonds. The number of benzene rings is 1. The molecule has 1 nitrogen and oxygen atoms in total. The summed E-state index contributed by atoms with van der Waals surface area (Å²) in [6.07, 6.45) is 5.61. The highest BCUT2D eigenvalue weighted by Crippen LogP contribution is 2.34. The molecule has 0 spiro atoms. The van der Waals surface area contributed by atoms with Gasteiger partial charge in [-0.2, -0.15) is 0 Å². The molecule has 1 aromatic carbocycles. The molecule has 1 N–H and O–H groups in total. The summed E-state index contributed by atoms with van der Waals surface area (Å²) < 4.78 is 0. The van der Waals surface area contributed by atoms with Gasteiger partial charge in [-0.25, -0.2) is 0 Å². The van der Waals surface area contributed by atoms with E-state index in [0.29, 0.717) is 6.04 Å². The van der Waals surface area contributed by atoms with Crippen molar-refractivity contribution < 1.29 is 0 Å². The first kappa shape index (κ1) is 11.7. The summed E-state index contributed by atoms with van der Waals surface area (Å²) in [5.74, 6) is 0.957. The van der Waals surface area contributed by atoms with Crippen LogP contribution in [0.15, 0.2) is 18.2 Å². The highest BCUT2D eigenvalue weighted by atomic mass is 14.9. The van der Waals surface area contributed by atoms with Crippen molar-refractivity contribution in [2.24, 2.45) is 5.92 Å². The van der Waals surface area contributed by atoms with E-state index in [1.165, 1.54) is 42.4 Å². The molecule has 1 saturated carbocycles. The van der Waals surface area contributed by atoms with Crippen molar-refractivity contribution in [1.82, 2.24) is 5.32 Å². The molecule has 1 fully saturated rings. The van der Waals surface area contributed by atoms with Crippen LogP contribution in [0, 0.1) is 19.8 Å². The van der Waals surface area contributed by atoms with Gasteiger partial charge in [-0.15, -0.1) is 0 Å². The summed E-state index contributed by atoms with van der Waals surface area (Å²) in [6.45, 7) is 4.38. The Balaban J connectivity index is 2.09. The first-order valence-electron chi connectivity index (χ1n) is 6.45. The van der Waals surface area contributed by atoms with Crippen molar-refractivity contribution >= 4 is 0 Å². The van der Waals surface area contributed by atoms with Crippen LogP contribution >= 0.6 is 0 Å². The summed E-state index contributed by atoms with van der Waals surface area (Å²) in [5, 5.41) is 3.46. The van der Waals surface area contributed by atoms with Gasteiger partial charge in [0, 0.05) is 6.04 Å². The van der Waals surface area contributed by atoms with Gasteiger partial charge in [-0.3, -0.25) is 0 Å². The van der Waals surface area contributed by atoms with Crippen LogP contribution in [0.25, 0.3) is 0 Å². The molecule has 16 heavy (non-hydrogen) atoms. The van der Waals surface area contributed by atoms with E-state index in [4.69, 9.17) is 0 Å². The van der Waals surface area contributed by atoms with Crippen LogP contribution in [0.5, 0.6) is 0 Å². The molecule has 0 radical (unpaired) electrons. The van der Waals surface area contributed by atoms with Crippen LogP contribution in [0.1, 0.15) is 48.4 Å². The summed E-state index contributed by atoms with van der Waals surface area (Å²) in [4.78, 5) is 0. The molecule has 2 rings (SSSR count). The van der Waals surface area contributed by atoms with Gasteiger partial charge in [0.25, 0.3) is 0 Å². The lowest BCUT2D eigenvalue weighted by Crippen LogP contribution is -2.23. The minimum Gasteiger partial charge on any atom is -0.313 e. The SMILES string of the molecule is CNC(CC1CCC1)c1ccc(C)c(C)c1. The van der Waals surface area contributed by atoms with Gasteiger partial charge >= 0.3 is 0 Å². The van der Waals surface area contributed by atoms with Gasteiger partial charge in [-0.05, 0) is 49.9 Å². The van der Waals surface area contributed by atoms with Crippen LogP contribution in [-0.4, -0.2) is 7.05 Å². The fraction of sp³-hybridized carbons (Fsp3) is 0.600. The van der Waals surface area contributed by atoms with Gasteiger partial charge in [-0.1, -0.05) is 37.5 Å². The van der Waals surface area contributed by atoms with Gasteiger partial charge in [0.1, 0.15) is 0 Å². The largest absolute Gasteiger partial charge is 0.313 e. The van der Waals surface area contributed by atoms with Gasteiger partial charge in [0.05, 0.1) is 0 Å². The smallest absolute Gasteiger partial charge is 0.0320 e. The molecule has 1 atom stereocenters. The molecule has 0 heterocycles. The lowest BCUT2D eigenvalue weighted by atomic mass is 9.79. The molecule has 1 unspecified atom stereocenters. The Bertz CT molecular complexity index is 352. The van der Waals surface area contributed by atoms with E-state index in [9.17, 15) is 0 Å². The number of hydrogen-bond donors (Lipinski definition) is 1. The molecule has 1 aromatic rings. The number of hydrogen-bond acceptors (Lipinski definition) is 1. The van der Waals surface area contributed by atoms with Crippen molar-refractivity contribution in [2.45, 2.75) is 45.6 Å². The fourth-order valence-corrected chi connectivity index (χ4v) is 2.46. The maximum atomic E-state index is 3.46. The average Bonchev–Trinajstić information content (AvgIpc) is 2.21. The Labute approximate surface area is 99.3 Å². The van der Waals surface area contributed by atoms with Crippen molar-refractivity contribution in [3.05, 3.63) is 34.9 Å². The minimum absolute atomic E-state index is 0.546. The van der Waals surface area contributed by atoms with Crippen molar-refractivity contribution in [1.29, 1.82) is 0 Å². The number of aryl methyl sites for hydroxylation is 2. The molecule has 1 aliphatic rings. The monoisotopic (exact) mass is 217 g/mol. The fourth-order valence-electron chi connectivity index (χ4n) is 2.46. The highest BCUT2D eigenvalue weighted by molar-refractivity contribution is 5.31. The second kappa shape index (κ2) is 5.01. The Morgan fingerprint density at radius 1 is 1.25 bits per heavy atom. The van der Waals surface area contributed by atoms with E-state index >= 15 is 0 Å². The van der Waals surface area contributed by atoms with E-state index < -0.39 is 0 Å². The summed E-state index contributed by atoms with van der Waals surface area (Å²) in [7, 11) is 2.08. The zero-order valence-electron chi connectivity index (χ0n) is 10.7. The predicted molar refractivity (Wildman–Crippen MR) is 69.7 cm³/mol. The molecule has 88 valence electrons. The van der Waals surface area contributed by atoms with E-state index in [0.717, 1.165) is 5.92 Å². The molecule has 0 aliphatic heterocycles. The van der Waals surface area contributed by atoms with E-state index in [-0.39, 0.29) is 0 Å². The van der Waals surface area contributed by atoms with Crippen LogP contribution in [-0.2, 0) is 0 Å². The molecular formula is C15H23N. The predicted octanol–water partition coefficient (Wildman–Crippen LogP) is 3.75. The second-order valence-electron chi connectivity index (χ2n) is 5.22. The Morgan fingerprint density at radius 3 is 2.50 bits per heavy atom. The lowest BCUT2D eigenvalue weighted by molar-refractivity contribution is 0.265. The number of rotatable bonds is 4. The molecular weight excluding hydrogens is 194 g/mol. The quantitative estimate of drug-likeness (QED) is 0.810. The minimum atomic E-state index is 0.546. The first-order chi connectivity index (χ1) is 7.70.